The lowest BCUT2D eigenvalue weighted by Gasteiger charge is -2.40. The first kappa shape index (κ1) is 31.9. The van der Waals surface area contributed by atoms with E-state index in [4.69, 9.17) is 14.2 Å². The van der Waals surface area contributed by atoms with Gasteiger partial charge in [-0.1, -0.05) is 18.2 Å². The van der Waals surface area contributed by atoms with Gasteiger partial charge in [0.1, 0.15) is 12.6 Å². The number of rotatable bonds is 4. The Morgan fingerprint density at radius 3 is 2.41 bits per heavy atom. The number of carbonyl (C=O) groups excluding carboxylic acids is 5. The van der Waals surface area contributed by atoms with Crippen LogP contribution in [0.5, 0.6) is 0 Å². The topological polar surface area (TPSA) is 147 Å². The average molecular weight is 614 g/mol. The standard InChI is InChI=1S/C31H43N5O8/c37-26(34-11-14-43-15-12-34)18-23-6-9-35-20-24(23)19-27(38)36-10-7-25(33-30(40)22-4-2-1-3-5-22)29(36)31(41)32-8-13-42-16-17-44-21-28(35)39/h1-5,23-25,29H,6-21H2,(H,32,41)(H,33,40)/t23-,24-,25+,29-/m0/s1. The molecule has 4 fully saturated rings. The predicted molar refractivity (Wildman–Crippen MR) is 157 cm³/mol. The van der Waals surface area contributed by atoms with Crippen molar-refractivity contribution in [2.24, 2.45) is 11.8 Å². The van der Waals surface area contributed by atoms with Crippen molar-refractivity contribution < 1.29 is 38.2 Å². The Morgan fingerprint density at radius 1 is 0.864 bits per heavy atom. The summed E-state index contributed by atoms with van der Waals surface area (Å²) in [5.41, 5.74) is 0.470. The fourth-order valence-corrected chi connectivity index (χ4v) is 6.53. The second-order valence-corrected chi connectivity index (χ2v) is 11.8. The van der Waals surface area contributed by atoms with Crippen LogP contribution in [0.3, 0.4) is 0 Å². The summed E-state index contributed by atoms with van der Waals surface area (Å²) in [4.78, 5) is 71.8. The molecular formula is C31H43N5O8. The van der Waals surface area contributed by atoms with Crippen molar-refractivity contribution in [2.75, 3.05) is 78.9 Å². The Hall–Kier alpha value is -3.55. The number of hydrogen-bond donors (Lipinski definition) is 2. The van der Waals surface area contributed by atoms with Crippen molar-refractivity contribution in [1.82, 2.24) is 25.3 Å². The first-order valence-electron chi connectivity index (χ1n) is 15.6. The minimum absolute atomic E-state index is 0.0272. The molecule has 44 heavy (non-hydrogen) atoms. The third-order valence-electron chi connectivity index (χ3n) is 8.96. The predicted octanol–water partition coefficient (Wildman–Crippen LogP) is -0.347. The number of benzene rings is 1. The summed E-state index contributed by atoms with van der Waals surface area (Å²) in [5, 5.41) is 5.83. The van der Waals surface area contributed by atoms with Gasteiger partial charge in [-0.25, -0.2) is 0 Å². The lowest BCUT2D eigenvalue weighted by Crippen LogP contribution is -2.55. The maximum Gasteiger partial charge on any atom is 0.251 e. The molecule has 0 aromatic heterocycles. The van der Waals surface area contributed by atoms with Crippen LogP contribution in [0.25, 0.3) is 0 Å². The van der Waals surface area contributed by atoms with Crippen LogP contribution in [0.15, 0.2) is 30.3 Å². The van der Waals surface area contributed by atoms with Gasteiger partial charge in [-0.05, 0) is 36.8 Å². The molecule has 2 bridgehead atoms. The summed E-state index contributed by atoms with van der Waals surface area (Å²) in [6.07, 6.45) is 1.37. The number of amides is 5. The van der Waals surface area contributed by atoms with Crippen molar-refractivity contribution in [1.29, 1.82) is 0 Å². The van der Waals surface area contributed by atoms with Crippen LogP contribution in [-0.4, -0.2) is 135 Å². The first-order chi connectivity index (χ1) is 21.4. The maximum absolute atomic E-state index is 14.0. The first-order valence-corrected chi connectivity index (χ1v) is 15.6. The smallest absolute Gasteiger partial charge is 0.251 e. The normalized spacial score (nSPS) is 27.7. The number of nitrogens with zero attached hydrogens (tertiary/aromatic N) is 3. The van der Waals surface area contributed by atoms with Crippen LogP contribution in [0, 0.1) is 11.8 Å². The van der Waals surface area contributed by atoms with Crippen LogP contribution in [0.2, 0.25) is 0 Å². The highest BCUT2D eigenvalue weighted by Gasteiger charge is 2.44. The number of nitrogens with one attached hydrogen (secondary N) is 2. The van der Waals surface area contributed by atoms with Gasteiger partial charge in [-0.15, -0.1) is 0 Å². The minimum atomic E-state index is -0.899. The van der Waals surface area contributed by atoms with Crippen LogP contribution >= 0.6 is 0 Å². The number of ether oxygens (including phenoxy) is 3. The van der Waals surface area contributed by atoms with E-state index in [-0.39, 0.29) is 87.2 Å². The van der Waals surface area contributed by atoms with Gasteiger partial charge in [0.25, 0.3) is 5.91 Å². The van der Waals surface area contributed by atoms with Crippen molar-refractivity contribution in [2.45, 2.75) is 37.8 Å². The van der Waals surface area contributed by atoms with Gasteiger partial charge >= 0.3 is 0 Å². The van der Waals surface area contributed by atoms with Gasteiger partial charge in [0, 0.05) is 57.7 Å². The van der Waals surface area contributed by atoms with Crippen molar-refractivity contribution in [3.8, 4) is 0 Å². The number of carbonyl (C=O) groups is 5. The quantitative estimate of drug-likeness (QED) is 0.469. The fraction of sp³-hybridized carbons (Fsp3) is 0.645. The van der Waals surface area contributed by atoms with Crippen molar-refractivity contribution >= 4 is 29.5 Å². The van der Waals surface area contributed by atoms with E-state index >= 15 is 0 Å². The summed E-state index contributed by atoms with van der Waals surface area (Å²) < 4.78 is 16.5. The molecule has 0 radical (unpaired) electrons. The van der Waals surface area contributed by atoms with E-state index in [2.05, 4.69) is 10.6 Å². The van der Waals surface area contributed by atoms with E-state index in [1.54, 1.807) is 39.0 Å². The maximum atomic E-state index is 14.0. The molecule has 0 aliphatic carbocycles. The molecule has 1 aromatic rings. The van der Waals surface area contributed by atoms with Gasteiger partial charge < -0.3 is 39.5 Å². The van der Waals surface area contributed by atoms with E-state index in [0.717, 1.165) is 0 Å². The molecule has 4 heterocycles. The number of morpholine rings is 1. The molecule has 1 aromatic carbocycles. The molecule has 4 aliphatic heterocycles. The van der Waals surface area contributed by atoms with E-state index in [0.29, 0.717) is 64.3 Å². The highest BCUT2D eigenvalue weighted by Crippen LogP contribution is 2.32. The average Bonchev–Trinajstić information content (AvgIpc) is 3.47. The number of hydrogen-bond acceptors (Lipinski definition) is 8. The molecule has 4 aliphatic rings. The fourth-order valence-electron chi connectivity index (χ4n) is 6.53. The summed E-state index contributed by atoms with van der Waals surface area (Å²) in [5.74, 6) is -1.42. The monoisotopic (exact) mass is 613 g/mol. The Morgan fingerprint density at radius 2 is 1.61 bits per heavy atom. The Balaban J connectivity index is 1.34. The Bertz CT molecular complexity index is 1180. The summed E-state index contributed by atoms with van der Waals surface area (Å²) in [7, 11) is 0. The molecule has 0 saturated carbocycles. The zero-order valence-electron chi connectivity index (χ0n) is 25.1. The summed E-state index contributed by atoms with van der Waals surface area (Å²) >= 11 is 0. The van der Waals surface area contributed by atoms with E-state index in [9.17, 15) is 24.0 Å². The molecule has 5 amide bonds. The van der Waals surface area contributed by atoms with Gasteiger partial charge in [-0.3, -0.25) is 24.0 Å². The zero-order valence-corrected chi connectivity index (χ0v) is 25.1. The molecule has 240 valence electrons. The van der Waals surface area contributed by atoms with E-state index in [1.165, 1.54) is 0 Å². The summed E-state index contributed by atoms with van der Waals surface area (Å²) in [6, 6.07) is 7.28. The van der Waals surface area contributed by atoms with Gasteiger partial charge in [0.05, 0.1) is 39.1 Å². The molecule has 5 rings (SSSR count). The van der Waals surface area contributed by atoms with Crippen LogP contribution in [0.1, 0.15) is 36.0 Å². The van der Waals surface area contributed by atoms with Crippen molar-refractivity contribution in [3.05, 3.63) is 35.9 Å². The molecule has 4 atom stereocenters. The highest BCUT2D eigenvalue weighted by atomic mass is 16.5. The van der Waals surface area contributed by atoms with Gasteiger partial charge in [-0.2, -0.15) is 0 Å². The molecule has 4 saturated heterocycles. The van der Waals surface area contributed by atoms with Crippen molar-refractivity contribution in [3.63, 3.8) is 0 Å². The molecule has 0 unspecified atom stereocenters. The Labute approximate surface area is 257 Å². The number of piperidine rings is 1. The lowest BCUT2D eigenvalue weighted by molar-refractivity contribution is -0.144. The van der Waals surface area contributed by atoms with Crippen LogP contribution in [0.4, 0.5) is 0 Å². The lowest BCUT2D eigenvalue weighted by atomic mass is 9.80. The second-order valence-electron chi connectivity index (χ2n) is 11.8. The second kappa shape index (κ2) is 15.4. The molecule has 13 heteroatoms. The van der Waals surface area contributed by atoms with Gasteiger partial charge in [0.15, 0.2) is 0 Å². The van der Waals surface area contributed by atoms with Crippen LogP contribution in [-0.2, 0) is 33.4 Å². The van der Waals surface area contributed by atoms with E-state index in [1.807, 2.05) is 6.07 Å². The molecule has 0 spiro atoms. The Kier molecular flexibility index (Phi) is 11.2. The summed E-state index contributed by atoms with van der Waals surface area (Å²) in [6.45, 7) is 4.06. The number of fused-ring (bicyclic) bond motifs is 3. The zero-order chi connectivity index (χ0) is 30.9. The third-order valence-corrected chi connectivity index (χ3v) is 8.96. The molecular weight excluding hydrogens is 570 g/mol. The largest absolute Gasteiger partial charge is 0.378 e. The highest BCUT2D eigenvalue weighted by molar-refractivity contribution is 5.96. The molecule has 13 nitrogen and oxygen atoms in total. The van der Waals surface area contributed by atoms with Crippen LogP contribution < -0.4 is 10.6 Å². The SMILES string of the molecule is O=C(N[C@@H]1CCN2C(=O)C[C@H]3CN(CC[C@H]3CC(=O)N3CCOCC3)C(=O)COCCOCCNC(=O)[C@H]12)c1ccccc1. The third kappa shape index (κ3) is 8.13. The minimum Gasteiger partial charge on any atom is -0.378 e. The van der Waals surface area contributed by atoms with E-state index < -0.39 is 12.1 Å². The molecule has 2 N–H and O–H groups in total. The van der Waals surface area contributed by atoms with Gasteiger partial charge in [0.2, 0.25) is 23.6 Å².